The van der Waals surface area contributed by atoms with Crippen LogP contribution in [0.5, 0.6) is 0 Å². The second-order valence-electron chi connectivity index (χ2n) is 4.83. The lowest BCUT2D eigenvalue weighted by Crippen LogP contribution is -2.31. The summed E-state index contributed by atoms with van der Waals surface area (Å²) in [6.07, 6.45) is 2.06. The van der Waals surface area contributed by atoms with Crippen LogP contribution in [0.4, 0.5) is 0 Å². The lowest BCUT2D eigenvalue weighted by atomic mass is 9.74. The molecule has 0 radical (unpaired) electrons. The highest BCUT2D eigenvalue weighted by molar-refractivity contribution is 7.20. The molecule has 1 aromatic heterocycles. The van der Waals surface area contributed by atoms with Gasteiger partial charge in [0.05, 0.1) is 8.67 Å². The topological polar surface area (TPSA) is 38.0 Å². The molecule has 0 amide bonds. The Kier molecular flexibility index (Phi) is 3.83. The third-order valence-corrected chi connectivity index (χ3v) is 5.26. The summed E-state index contributed by atoms with van der Waals surface area (Å²) in [4.78, 5) is 0. The molecular formula is C14H14Cl2N2S. The van der Waals surface area contributed by atoms with Crippen molar-refractivity contribution in [3.63, 3.8) is 0 Å². The lowest BCUT2D eigenvalue weighted by molar-refractivity contribution is 0.436. The van der Waals surface area contributed by atoms with E-state index in [-0.39, 0.29) is 6.04 Å². The first-order valence-corrected chi connectivity index (χ1v) is 7.75. The average Bonchev–Trinajstić information content (AvgIpc) is 2.70. The van der Waals surface area contributed by atoms with Crippen molar-refractivity contribution in [2.75, 3.05) is 0 Å². The summed E-state index contributed by atoms with van der Waals surface area (Å²) in [6.45, 7) is 0. The van der Waals surface area contributed by atoms with E-state index < -0.39 is 0 Å². The van der Waals surface area contributed by atoms with Crippen molar-refractivity contribution in [2.45, 2.75) is 24.8 Å². The fourth-order valence-electron chi connectivity index (χ4n) is 2.73. The Hall–Kier alpha value is -0.580. The van der Waals surface area contributed by atoms with Crippen LogP contribution in [0.25, 0.3) is 0 Å². The predicted molar refractivity (Wildman–Crippen MR) is 81.9 cm³/mol. The minimum atomic E-state index is 0.0506. The Labute approximate surface area is 126 Å². The zero-order valence-electron chi connectivity index (χ0n) is 10.2. The van der Waals surface area contributed by atoms with Crippen molar-refractivity contribution in [1.82, 2.24) is 5.43 Å². The van der Waals surface area contributed by atoms with Crippen LogP contribution in [0.3, 0.4) is 0 Å². The number of benzene rings is 1. The van der Waals surface area contributed by atoms with Crippen LogP contribution >= 0.6 is 34.5 Å². The molecule has 1 heterocycles. The SMILES string of the molecule is NNC(CC1Cc2ccccc21)c1cc(Cl)sc1Cl. The van der Waals surface area contributed by atoms with E-state index in [1.807, 2.05) is 6.07 Å². The predicted octanol–water partition coefficient (Wildman–Crippen LogP) is 4.29. The molecular weight excluding hydrogens is 299 g/mol. The fraction of sp³-hybridized carbons (Fsp3) is 0.286. The molecule has 0 bridgehead atoms. The Morgan fingerprint density at radius 2 is 2.16 bits per heavy atom. The molecule has 5 heteroatoms. The van der Waals surface area contributed by atoms with E-state index in [1.165, 1.54) is 22.5 Å². The molecule has 100 valence electrons. The maximum Gasteiger partial charge on any atom is 0.0992 e. The molecule has 3 rings (SSSR count). The minimum Gasteiger partial charge on any atom is -0.271 e. The van der Waals surface area contributed by atoms with E-state index in [1.54, 1.807) is 0 Å². The molecule has 3 N–H and O–H groups in total. The number of halogens is 2. The molecule has 0 aliphatic heterocycles. The third-order valence-electron chi connectivity index (χ3n) is 3.74. The maximum atomic E-state index is 6.20. The molecule has 19 heavy (non-hydrogen) atoms. The summed E-state index contributed by atoms with van der Waals surface area (Å²) >= 11 is 13.6. The third kappa shape index (κ3) is 2.54. The smallest absolute Gasteiger partial charge is 0.0992 e. The second kappa shape index (κ2) is 5.43. The number of rotatable bonds is 4. The van der Waals surface area contributed by atoms with Gasteiger partial charge >= 0.3 is 0 Å². The molecule has 1 aromatic carbocycles. The van der Waals surface area contributed by atoms with E-state index in [2.05, 4.69) is 29.7 Å². The van der Waals surface area contributed by atoms with Crippen molar-refractivity contribution in [3.8, 4) is 0 Å². The van der Waals surface area contributed by atoms with Crippen LogP contribution in [-0.2, 0) is 6.42 Å². The van der Waals surface area contributed by atoms with Crippen molar-refractivity contribution in [1.29, 1.82) is 0 Å². The van der Waals surface area contributed by atoms with Crippen molar-refractivity contribution in [2.24, 2.45) is 5.84 Å². The zero-order chi connectivity index (χ0) is 13.4. The van der Waals surface area contributed by atoms with Crippen LogP contribution in [0.15, 0.2) is 30.3 Å². The number of fused-ring (bicyclic) bond motifs is 1. The number of nitrogens with one attached hydrogen (secondary N) is 1. The Bertz CT molecular complexity index is 597. The number of nitrogens with two attached hydrogens (primary N) is 1. The van der Waals surface area contributed by atoms with E-state index >= 15 is 0 Å². The summed E-state index contributed by atoms with van der Waals surface area (Å²) < 4.78 is 1.43. The highest BCUT2D eigenvalue weighted by Crippen LogP contribution is 2.43. The van der Waals surface area contributed by atoms with Gasteiger partial charge in [-0.3, -0.25) is 11.3 Å². The van der Waals surface area contributed by atoms with Gasteiger partial charge in [-0.15, -0.1) is 11.3 Å². The molecule has 2 nitrogen and oxygen atoms in total. The Morgan fingerprint density at radius 3 is 2.79 bits per heavy atom. The largest absolute Gasteiger partial charge is 0.271 e. The minimum absolute atomic E-state index is 0.0506. The Morgan fingerprint density at radius 1 is 1.37 bits per heavy atom. The van der Waals surface area contributed by atoms with Crippen molar-refractivity contribution in [3.05, 3.63) is 55.7 Å². The van der Waals surface area contributed by atoms with Crippen LogP contribution in [-0.4, -0.2) is 0 Å². The van der Waals surface area contributed by atoms with Gasteiger partial charge in [-0.25, -0.2) is 0 Å². The first kappa shape index (κ1) is 13.4. The lowest BCUT2D eigenvalue weighted by Gasteiger charge is -2.32. The Balaban J connectivity index is 1.77. The maximum absolute atomic E-state index is 6.20. The summed E-state index contributed by atoms with van der Waals surface area (Å²) in [5, 5.41) is 0. The van der Waals surface area contributed by atoms with Gasteiger partial charge in [0.15, 0.2) is 0 Å². The van der Waals surface area contributed by atoms with Gasteiger partial charge in [-0.1, -0.05) is 47.5 Å². The molecule has 0 fully saturated rings. The van der Waals surface area contributed by atoms with Gasteiger partial charge in [0.25, 0.3) is 0 Å². The van der Waals surface area contributed by atoms with Crippen molar-refractivity contribution < 1.29 is 0 Å². The summed E-state index contributed by atoms with van der Waals surface area (Å²) in [6, 6.07) is 10.5. The standard InChI is InChI=1S/C14H14Cl2N2S/c15-13-7-11(14(16)19-13)12(18-17)6-9-5-8-3-1-2-4-10(8)9/h1-4,7,9,12,18H,5-6,17H2. The average molecular weight is 313 g/mol. The molecule has 1 aliphatic rings. The van der Waals surface area contributed by atoms with Crippen LogP contribution in [0.1, 0.15) is 35.1 Å². The number of hydrogen-bond acceptors (Lipinski definition) is 3. The summed E-state index contributed by atoms with van der Waals surface area (Å²) in [7, 11) is 0. The normalized spacial score (nSPS) is 18.8. The molecule has 0 saturated heterocycles. The van der Waals surface area contributed by atoms with E-state index in [9.17, 15) is 0 Å². The molecule has 2 atom stereocenters. The van der Waals surface area contributed by atoms with E-state index in [0.717, 1.165) is 22.7 Å². The molecule has 0 spiro atoms. The van der Waals surface area contributed by atoms with Crippen LogP contribution in [0, 0.1) is 0 Å². The number of hydrogen-bond donors (Lipinski definition) is 2. The summed E-state index contributed by atoms with van der Waals surface area (Å²) in [5.74, 6) is 6.23. The molecule has 2 unspecified atom stereocenters. The first-order valence-electron chi connectivity index (χ1n) is 6.17. The highest BCUT2D eigenvalue weighted by atomic mass is 35.5. The molecule has 2 aromatic rings. The van der Waals surface area contributed by atoms with Gasteiger partial charge in [-0.05, 0) is 36.0 Å². The highest BCUT2D eigenvalue weighted by Gasteiger charge is 2.29. The van der Waals surface area contributed by atoms with Crippen LogP contribution in [0.2, 0.25) is 8.67 Å². The van der Waals surface area contributed by atoms with E-state index in [4.69, 9.17) is 29.0 Å². The van der Waals surface area contributed by atoms with Gasteiger partial charge in [-0.2, -0.15) is 0 Å². The fourth-order valence-corrected chi connectivity index (χ4v) is 4.31. The molecule has 1 aliphatic carbocycles. The molecule has 0 saturated carbocycles. The van der Waals surface area contributed by atoms with Gasteiger partial charge in [0.2, 0.25) is 0 Å². The van der Waals surface area contributed by atoms with Gasteiger partial charge < -0.3 is 0 Å². The number of thiophene rings is 1. The van der Waals surface area contributed by atoms with E-state index in [0.29, 0.717) is 10.3 Å². The summed E-state index contributed by atoms with van der Waals surface area (Å²) in [5.41, 5.74) is 6.74. The number of hydrazine groups is 1. The van der Waals surface area contributed by atoms with Crippen molar-refractivity contribution >= 4 is 34.5 Å². The van der Waals surface area contributed by atoms with Crippen LogP contribution < -0.4 is 11.3 Å². The van der Waals surface area contributed by atoms with Gasteiger partial charge in [0.1, 0.15) is 0 Å². The monoisotopic (exact) mass is 312 g/mol. The van der Waals surface area contributed by atoms with Gasteiger partial charge in [0, 0.05) is 11.6 Å². The first-order chi connectivity index (χ1) is 9.19. The quantitative estimate of drug-likeness (QED) is 0.653. The second-order valence-corrected chi connectivity index (χ2v) is 7.12. The zero-order valence-corrected chi connectivity index (χ0v) is 12.5.